The van der Waals surface area contributed by atoms with Gasteiger partial charge in [0.1, 0.15) is 5.78 Å². The molecule has 1 radical (unpaired) electrons. The third-order valence-electron chi connectivity index (χ3n) is 2.13. The fourth-order valence-electron chi connectivity index (χ4n) is 1.35. The molecule has 0 N–H and O–H groups in total. The topological polar surface area (TPSA) is 34.1 Å². The standard InChI is InChI=1S/C9H9O2.C5H5.Co/c1-6(10)8-4-3-5-9(8)7(2)11;1-2-4-5-3-1;/h3-5H,1-2H3;1-5H;/q-1;-5;. The van der Waals surface area contributed by atoms with Gasteiger partial charge in [0.2, 0.25) is 0 Å². The van der Waals surface area contributed by atoms with Gasteiger partial charge in [-0.3, -0.25) is 0 Å². The molecule has 97 valence electrons. The van der Waals surface area contributed by atoms with Crippen molar-refractivity contribution in [1.29, 1.82) is 0 Å². The first-order chi connectivity index (χ1) is 7.63. The van der Waals surface area contributed by atoms with Crippen molar-refractivity contribution in [2.75, 3.05) is 0 Å². The Bertz CT molecular complexity index is 407. The summed E-state index contributed by atoms with van der Waals surface area (Å²) in [6.45, 7) is 2.92. The van der Waals surface area contributed by atoms with Gasteiger partial charge in [0.15, 0.2) is 0 Å². The first kappa shape index (κ1) is 15.5. The zero-order chi connectivity index (χ0) is 12.0. The van der Waals surface area contributed by atoms with Crippen molar-refractivity contribution >= 4 is 11.6 Å². The summed E-state index contributed by atoms with van der Waals surface area (Å²) in [7, 11) is 0. The molecular weight excluding hydrogens is 259 g/mol. The van der Waals surface area contributed by atoms with Crippen LogP contribution in [0.5, 0.6) is 0 Å². The smallest absolute Gasteiger partial charge is 0.119 e. The summed E-state index contributed by atoms with van der Waals surface area (Å²) in [6, 6.07) is 15.0. The van der Waals surface area contributed by atoms with E-state index in [1.54, 1.807) is 18.2 Å². The Morgan fingerprint density at radius 3 is 1.82 bits per heavy atom. The van der Waals surface area contributed by atoms with Crippen molar-refractivity contribution in [3.8, 4) is 0 Å². The molecule has 0 saturated carbocycles. The minimum Gasteiger partial charge on any atom is -0.748 e. The zero-order valence-electron chi connectivity index (χ0n) is 9.77. The summed E-state index contributed by atoms with van der Waals surface area (Å²) < 4.78 is 0. The molecule has 0 bridgehead atoms. The summed E-state index contributed by atoms with van der Waals surface area (Å²) >= 11 is 0. The van der Waals surface area contributed by atoms with E-state index in [2.05, 4.69) is 0 Å². The average Bonchev–Trinajstić information content (AvgIpc) is 2.92. The Hall–Kier alpha value is -1.45. The second-order valence-electron chi connectivity index (χ2n) is 3.43. The van der Waals surface area contributed by atoms with Crippen LogP contribution in [0.1, 0.15) is 34.6 Å². The maximum absolute atomic E-state index is 10.9. The quantitative estimate of drug-likeness (QED) is 0.622. The molecule has 0 fully saturated rings. The van der Waals surface area contributed by atoms with Gasteiger partial charge in [-0.2, -0.15) is 12.1 Å². The summed E-state index contributed by atoms with van der Waals surface area (Å²) in [5.74, 6) is -0.111. The molecule has 0 spiro atoms. The van der Waals surface area contributed by atoms with Crippen molar-refractivity contribution in [1.82, 2.24) is 0 Å². The minimum atomic E-state index is -0.0554. The van der Waals surface area contributed by atoms with Crippen molar-refractivity contribution < 1.29 is 26.4 Å². The van der Waals surface area contributed by atoms with Gasteiger partial charge in [0.25, 0.3) is 0 Å². The van der Waals surface area contributed by atoms with Crippen LogP contribution in [0.15, 0.2) is 48.5 Å². The molecule has 3 heteroatoms. The Kier molecular flexibility index (Phi) is 7.10. The van der Waals surface area contributed by atoms with Crippen molar-refractivity contribution in [2.24, 2.45) is 0 Å². The van der Waals surface area contributed by atoms with E-state index in [0.717, 1.165) is 0 Å². The van der Waals surface area contributed by atoms with Gasteiger partial charge in [0, 0.05) is 16.8 Å². The van der Waals surface area contributed by atoms with Gasteiger partial charge in [-0.25, -0.2) is 0 Å². The van der Waals surface area contributed by atoms with E-state index in [4.69, 9.17) is 0 Å². The predicted octanol–water partition coefficient (Wildman–Crippen LogP) is 3.21. The van der Waals surface area contributed by atoms with E-state index < -0.39 is 0 Å². The van der Waals surface area contributed by atoms with Crippen LogP contribution in [-0.2, 0) is 16.8 Å². The molecule has 0 unspecified atom stereocenters. The number of hydrogen-bond acceptors (Lipinski definition) is 2. The largest absolute Gasteiger partial charge is 0.748 e. The zero-order valence-corrected chi connectivity index (χ0v) is 10.8. The van der Waals surface area contributed by atoms with Crippen molar-refractivity contribution in [2.45, 2.75) is 13.8 Å². The Morgan fingerprint density at radius 1 is 1.06 bits per heavy atom. The Labute approximate surface area is 112 Å². The second kappa shape index (κ2) is 7.76. The third-order valence-corrected chi connectivity index (χ3v) is 2.13. The van der Waals surface area contributed by atoms with Crippen LogP contribution in [0.3, 0.4) is 0 Å². The molecule has 0 aliphatic rings. The van der Waals surface area contributed by atoms with Gasteiger partial charge in [0.05, 0.1) is 5.78 Å². The molecule has 0 heterocycles. The fourth-order valence-corrected chi connectivity index (χ4v) is 1.35. The van der Waals surface area contributed by atoms with Crippen LogP contribution >= 0.6 is 0 Å². The first-order valence-corrected chi connectivity index (χ1v) is 5.07. The molecule has 2 aromatic rings. The van der Waals surface area contributed by atoms with Crippen LogP contribution in [-0.4, -0.2) is 11.6 Å². The fraction of sp³-hybridized carbons (Fsp3) is 0.143. The molecule has 2 rings (SSSR count). The van der Waals surface area contributed by atoms with Crippen molar-refractivity contribution in [3.05, 3.63) is 59.7 Å². The summed E-state index contributed by atoms with van der Waals surface area (Å²) in [4.78, 5) is 21.8. The molecule has 2 aromatic carbocycles. The predicted molar refractivity (Wildman–Crippen MR) is 64.1 cm³/mol. The second-order valence-corrected chi connectivity index (χ2v) is 3.43. The van der Waals surface area contributed by atoms with Gasteiger partial charge >= 0.3 is 0 Å². The molecule has 2 nitrogen and oxygen atoms in total. The maximum Gasteiger partial charge on any atom is 0.119 e. The van der Waals surface area contributed by atoms with Crippen LogP contribution in [0.2, 0.25) is 0 Å². The Morgan fingerprint density at radius 2 is 1.53 bits per heavy atom. The third kappa shape index (κ3) is 4.93. The van der Waals surface area contributed by atoms with E-state index in [-0.39, 0.29) is 28.3 Å². The van der Waals surface area contributed by atoms with Crippen LogP contribution < -0.4 is 0 Å². The number of hydrogen-bond donors (Lipinski definition) is 0. The number of rotatable bonds is 2. The molecular formula is C14H14CoO2-6. The molecule has 0 amide bonds. The average molecular weight is 273 g/mol. The van der Waals surface area contributed by atoms with E-state index in [9.17, 15) is 9.59 Å². The molecule has 0 aliphatic carbocycles. The number of Topliss-reactive ketones (excluding diaryl/α,β-unsaturated/α-hetero) is 2. The van der Waals surface area contributed by atoms with Gasteiger partial charge in [-0.1, -0.05) is 5.56 Å². The molecule has 0 aliphatic heterocycles. The van der Waals surface area contributed by atoms with Gasteiger partial charge in [-0.15, -0.1) is 11.6 Å². The maximum atomic E-state index is 10.9. The molecule has 0 aromatic heterocycles. The number of ketones is 2. The van der Waals surface area contributed by atoms with Gasteiger partial charge in [-0.05, 0) is 13.8 Å². The van der Waals surface area contributed by atoms with E-state index in [1.165, 1.54) is 13.8 Å². The first-order valence-electron chi connectivity index (χ1n) is 5.07. The van der Waals surface area contributed by atoms with E-state index in [1.807, 2.05) is 30.3 Å². The van der Waals surface area contributed by atoms with Crippen LogP contribution in [0.4, 0.5) is 0 Å². The van der Waals surface area contributed by atoms with Crippen LogP contribution in [0, 0.1) is 0 Å². The SMILES string of the molecule is CC(=O)c1ccc[c-]1C(C)=O.[Co].[cH-]1[cH-][cH-][cH-][cH-]1. The number of carbonyl (C=O) groups is 2. The van der Waals surface area contributed by atoms with E-state index in [0.29, 0.717) is 11.1 Å². The number of carbonyl (C=O) groups excluding carboxylic acids is 2. The summed E-state index contributed by atoms with van der Waals surface area (Å²) in [5, 5.41) is 0. The summed E-state index contributed by atoms with van der Waals surface area (Å²) in [6.07, 6.45) is 0. The monoisotopic (exact) mass is 273 g/mol. The van der Waals surface area contributed by atoms with Crippen LogP contribution in [0.25, 0.3) is 0 Å². The molecule has 0 saturated heterocycles. The Balaban J connectivity index is 0.000000360. The van der Waals surface area contributed by atoms with Gasteiger partial charge < -0.3 is 39.9 Å². The molecule has 0 atom stereocenters. The van der Waals surface area contributed by atoms with Crippen molar-refractivity contribution in [3.63, 3.8) is 0 Å². The minimum absolute atomic E-state index is 0. The normalized spacial score (nSPS) is 8.59. The molecule has 17 heavy (non-hydrogen) atoms. The summed E-state index contributed by atoms with van der Waals surface area (Å²) in [5.41, 5.74) is 1.05. The van der Waals surface area contributed by atoms with E-state index >= 15 is 0 Å².